The van der Waals surface area contributed by atoms with E-state index in [1.807, 2.05) is 25.7 Å². The second kappa shape index (κ2) is 5.83. The first-order valence-electron chi connectivity index (χ1n) is 52.2. The fourth-order valence-electron chi connectivity index (χ4n) is 113. The maximum absolute atomic E-state index is 3.20. The van der Waals surface area contributed by atoms with E-state index in [0.29, 0.717) is 0 Å². The van der Waals surface area contributed by atoms with Crippen LogP contribution in [0.4, 0.5) is 0 Å². The number of fused-ring (bicyclic) bond motifs is 44. The molecule has 0 saturated heterocycles. The molecule has 0 nitrogen and oxygen atoms in total. The van der Waals surface area contributed by atoms with Crippen molar-refractivity contribution >= 4 is 0 Å². The van der Waals surface area contributed by atoms with Crippen LogP contribution in [0.1, 0.15) is 45.4 Å². The predicted octanol–water partition coefficient (Wildman–Crippen LogP) is 9.62. The van der Waals surface area contributed by atoms with Crippen LogP contribution < -0.4 is 0 Å². The van der Waals surface area contributed by atoms with Crippen molar-refractivity contribution in [3.8, 4) is 0 Å². The molecule has 0 N–H and O–H groups in total. The fourth-order valence-corrected chi connectivity index (χ4v) is 113. The third-order valence-corrected chi connectivity index (χ3v) is 89.4. The van der Waals surface area contributed by atoms with Gasteiger partial charge in [0.2, 0.25) is 0 Å². The molecular formula is C105H68. The molecule has 0 heteroatoms. The molecule has 0 radical (unpaired) electrons. The maximum Gasteiger partial charge on any atom is -0.00502 e. The second-order valence-corrected chi connectivity index (χ2v) is 67.3. The molecule has 0 aromatic rings. The first kappa shape index (κ1) is 36.7. The summed E-state index contributed by atoms with van der Waals surface area (Å²) in [6.45, 7) is 3.20. The van der Waals surface area contributed by atoms with Gasteiger partial charge in [0.25, 0.3) is 0 Å². The quantitative estimate of drug-likeness (QED) is 0.246. The summed E-state index contributed by atoms with van der Waals surface area (Å²) in [6.07, 6.45) is 11.1. The van der Waals surface area contributed by atoms with E-state index in [1.165, 1.54) is 314 Å². The lowest BCUT2D eigenvalue weighted by Crippen LogP contribution is -3.56. The molecule has 488 valence electrons. The zero-order chi connectivity index (χ0) is 58.3. The van der Waals surface area contributed by atoms with Crippen LogP contribution in [0.5, 0.6) is 0 Å². The molecule has 72 fully saturated rings. The van der Waals surface area contributed by atoms with Crippen molar-refractivity contribution in [2.75, 3.05) is 0 Å². The summed E-state index contributed by atoms with van der Waals surface area (Å²) in [5.41, 5.74) is 49.0. The molecule has 72 aliphatic rings. The SMILES string of the molecule is CCC12C3C4C5C6C7C8C9C%10C%11C%12C%13CC%14C%15CC%16C%17C%18C%19C%20C%21C%22C%23C%24C%25C%26C%27C%28C%29C%30C%31C%32C%33C%34C%35C%36C%37C%38C%39CCC%40C%41C%39C%38%39C%41%38C%40C%40C%41C%42%43CC%41%44C%40%38C%37%39C%36%44C%35%36C%42C%35%37C%43C%38C%39C%40C%41C%42C%43C3C13C%27(C%262C%251C4C52C%241C%231C62C72C%221C%211C82C92C%104C%115C%126C%14%13C%15%16C%176C%185C%194C%2012)C%281C%433C%422C%291C%301C%313C%324C%33(C%34%36%35)C%38%37C%394C%403C%4121. The molecule has 72 saturated carbocycles. The van der Waals surface area contributed by atoms with E-state index >= 15 is 0 Å². The highest BCUT2D eigenvalue weighted by Gasteiger charge is 3.64. The highest BCUT2D eigenvalue weighted by Crippen LogP contribution is 3.66. The van der Waals surface area contributed by atoms with Gasteiger partial charge in [0, 0.05) is 0 Å². The van der Waals surface area contributed by atoms with Crippen LogP contribution in [0.25, 0.3) is 0 Å². The van der Waals surface area contributed by atoms with Crippen molar-refractivity contribution in [1.82, 2.24) is 0 Å². The van der Waals surface area contributed by atoms with Crippen molar-refractivity contribution in [3.05, 3.63) is 16.2 Å². The molecule has 0 amide bonds. The number of rotatable bonds is 1. The van der Waals surface area contributed by atoms with E-state index in [2.05, 4.69) is 6.92 Å². The number of hydrogen-bond acceptors (Lipinski definition) is 0. The van der Waals surface area contributed by atoms with Gasteiger partial charge in [-0.25, -0.2) is 0 Å². The largest absolute Gasteiger partial charge is 0.0648 e. The van der Waals surface area contributed by atoms with Gasteiger partial charge in [-0.05, 0) is 596 Å². The maximum atomic E-state index is 3.20. The summed E-state index contributed by atoms with van der Waals surface area (Å²) in [4.78, 5) is 0. The Morgan fingerprint density at radius 1 is 0.200 bits per heavy atom. The van der Waals surface area contributed by atoms with Crippen LogP contribution in [0, 0.1) is 557 Å². The van der Waals surface area contributed by atoms with Crippen LogP contribution in [-0.2, 0) is 0 Å². The smallest absolute Gasteiger partial charge is 0.00502 e. The molecule has 0 aromatic carbocycles. The van der Waals surface area contributed by atoms with Crippen LogP contribution in [0.2, 0.25) is 0 Å². The van der Waals surface area contributed by atoms with Crippen LogP contribution in [0.15, 0.2) is 0 Å². The highest BCUT2D eigenvalue weighted by atomic mass is 15.7. The predicted molar refractivity (Wildman–Crippen MR) is 330 cm³/mol. The first-order valence-corrected chi connectivity index (χ1v) is 52.2. The minimum absolute atomic E-state index is 0.971. The van der Waals surface area contributed by atoms with Crippen molar-refractivity contribution in [2.24, 2.45) is 541 Å². The van der Waals surface area contributed by atoms with Gasteiger partial charge in [-0.3, -0.25) is 0 Å². The first-order chi connectivity index (χ1) is 52.2. The topological polar surface area (TPSA) is 0 Å². The van der Waals surface area contributed by atoms with Crippen molar-refractivity contribution in [3.63, 3.8) is 0 Å². The third kappa shape index (κ3) is 0.899. The molecule has 105 heavy (non-hydrogen) atoms. The van der Waals surface area contributed by atoms with Crippen molar-refractivity contribution < 1.29 is 0 Å². The zero-order valence-electron chi connectivity index (χ0n) is 58.3. The fraction of sp³-hybridized carbons (Fsp3) is 1.00. The summed E-state index contributed by atoms with van der Waals surface area (Å²) in [5, 5.41) is 0. The Bertz CT molecular complexity index is 7630. The Kier molecular flexibility index (Phi) is 2.04. The van der Waals surface area contributed by atoms with Crippen LogP contribution in [0.3, 0.4) is 0 Å². The monoisotopic (exact) mass is 1330 g/mol. The summed E-state index contributed by atoms with van der Waals surface area (Å²) >= 11 is 0. The minimum atomic E-state index is 0.971. The second-order valence-electron chi connectivity index (χ2n) is 67.3. The highest BCUT2D eigenvalue weighted by molar-refractivity contribution is 6.24. The molecule has 44 spiro atoms. The molecule has 0 aliphatic heterocycles. The molecule has 2 bridgehead atoms. The van der Waals surface area contributed by atoms with E-state index in [0.717, 1.165) is 244 Å². The molecular weight excluding hydrogens is 1260 g/mol. The third-order valence-electron chi connectivity index (χ3n) is 89.4. The van der Waals surface area contributed by atoms with E-state index in [4.69, 9.17) is 0 Å². The molecule has 0 heterocycles. The van der Waals surface area contributed by atoms with Crippen LogP contribution >= 0.6 is 0 Å². The lowest BCUT2D eigenvalue weighted by Gasteiger charge is -3.58. The summed E-state index contributed by atoms with van der Waals surface area (Å²) < 4.78 is 0. The van der Waals surface area contributed by atoms with Gasteiger partial charge < -0.3 is 0 Å². The van der Waals surface area contributed by atoms with Gasteiger partial charge in [0.15, 0.2) is 0 Å². The van der Waals surface area contributed by atoms with Gasteiger partial charge in [0.1, 0.15) is 0 Å². The summed E-state index contributed by atoms with van der Waals surface area (Å²) in [5.74, 6) is 74.6. The van der Waals surface area contributed by atoms with Gasteiger partial charge in [-0.15, -0.1) is 0 Å². The van der Waals surface area contributed by atoms with E-state index in [-0.39, 0.29) is 0 Å². The lowest BCUT2D eigenvalue weighted by molar-refractivity contribution is -1.12. The Hall–Kier alpha value is 0. The van der Waals surface area contributed by atoms with Gasteiger partial charge in [-0.2, -0.15) is 0 Å². The average Bonchev–Trinajstić information content (AvgIpc) is 0.442. The van der Waals surface area contributed by atoms with E-state index in [9.17, 15) is 0 Å². The van der Waals surface area contributed by atoms with Gasteiger partial charge in [-0.1, -0.05) is 6.92 Å². The molecule has 98 atom stereocenters. The van der Waals surface area contributed by atoms with Crippen molar-refractivity contribution in [2.45, 2.75) is 45.4 Å². The Morgan fingerprint density at radius 3 is 1.04 bits per heavy atom. The van der Waals surface area contributed by atoms with E-state index in [1.54, 1.807) is 12.8 Å². The molecule has 72 rings (SSSR count). The molecule has 98 unspecified atom stereocenters. The molecule has 72 aliphatic carbocycles. The van der Waals surface area contributed by atoms with Gasteiger partial charge in [0.05, 0.1) is 0 Å². The van der Waals surface area contributed by atoms with Crippen LogP contribution in [-0.4, -0.2) is 0 Å². The normalized spacial score (nSPS) is 138. The van der Waals surface area contributed by atoms with E-state index < -0.39 is 0 Å². The number of hydrogen-bond donors (Lipinski definition) is 0. The summed E-state index contributed by atoms with van der Waals surface area (Å²) in [7, 11) is 0. The average molecular weight is 1330 g/mol. The Balaban J connectivity index is 0.431. The minimum Gasteiger partial charge on any atom is -0.0648 e. The zero-order valence-corrected chi connectivity index (χ0v) is 58.3. The van der Waals surface area contributed by atoms with Crippen molar-refractivity contribution in [1.29, 1.82) is 0 Å². The summed E-state index contributed by atoms with van der Waals surface area (Å²) in [6, 6.07) is 0. The Labute approximate surface area is 598 Å². The lowest BCUT2D eigenvalue weighted by atomic mass is 8.44. The van der Waals surface area contributed by atoms with Gasteiger partial charge >= 0.3 is 0 Å². The Morgan fingerprint density at radius 2 is 0.514 bits per heavy atom. The standard InChI is InChI=1S/C105H68/c1-2-62-21-14-22-29-37-44-41-34-26-19-12-5-10-11-6-13-20-27-35-42-48-46-39-32-23-30-38-45-49-51-50-47-40-33-24-31-25-17-8-3-4-9-15-16(8)67(17)66(15)18(9)55-58-61-7-63(58)73(31,80(25,67)74(55,63)66)70(24)60(61)71-59(61)56-54-53-52-43-36-28(21)75(62)83(38,91(45)84(36,75)92(43)99(49,91)105(51)100(52,92)98(53)90(54)82(56,71)86(40,77(33,70)71)94(47,90)102(50,98)105)72(30,62)69(23)57(14)68(22)76(32,69)85(39)81(29,68)89(37)93(46,85)101(48)97(44,89)103(41)95(34)87(26)78(19)64(10,12)65(11,13)79(20,78)88(27,87)96(35,95)104(42,101)103/h8-60H,2-7H2,1H3. The molecule has 0 aromatic heterocycles.